The van der Waals surface area contributed by atoms with E-state index in [0.717, 1.165) is 4.22 Å². The average Bonchev–Trinajstić information content (AvgIpc) is 1.82. The first kappa shape index (κ1) is 9.47. The molecule has 0 saturated heterocycles. The van der Waals surface area contributed by atoms with E-state index in [9.17, 15) is 4.79 Å². The van der Waals surface area contributed by atoms with E-state index >= 15 is 0 Å². The molecule has 3 nitrogen and oxygen atoms in total. The summed E-state index contributed by atoms with van der Waals surface area (Å²) < 4.78 is 0.938. The molecule has 5 heteroatoms. The molecule has 0 heterocycles. The zero-order valence-corrected chi connectivity index (χ0v) is 8.17. The Labute approximate surface area is 68.3 Å². The Morgan fingerprint density at radius 1 is 1.89 bits per heavy atom. The van der Waals surface area contributed by atoms with Gasteiger partial charge in [-0.2, -0.15) is 0 Å². The fraction of sp³-hybridized carbons (Fsp3) is 0.750. The first-order valence-corrected chi connectivity index (χ1v) is 5.96. The summed E-state index contributed by atoms with van der Waals surface area (Å²) >= 11 is 3.18. The van der Waals surface area contributed by atoms with E-state index in [-0.39, 0.29) is 0 Å². The Hall–Kier alpha value is 0.469. The van der Waals surface area contributed by atoms with Gasteiger partial charge in [-0.15, -0.1) is 0 Å². The Bertz CT molecular complexity index is 98.6. The Kier molecular flexibility index (Phi) is 5.54. The second kappa shape index (κ2) is 5.27. The van der Waals surface area contributed by atoms with Crippen LogP contribution in [0.3, 0.4) is 0 Å². The van der Waals surface area contributed by atoms with E-state index in [0.29, 0.717) is 20.3 Å². The topological polar surface area (TPSA) is 63.3 Å². The van der Waals surface area contributed by atoms with Crippen molar-refractivity contribution in [3.63, 3.8) is 0 Å². The van der Waals surface area contributed by atoms with Gasteiger partial charge < -0.3 is 0 Å². The molecule has 3 N–H and O–H groups in total. The monoisotopic (exact) mass is 262 g/mol. The van der Waals surface area contributed by atoms with Crippen LogP contribution in [0.4, 0.5) is 0 Å². The van der Waals surface area contributed by atoms with Crippen LogP contribution in [-0.4, -0.2) is 48.1 Å². The van der Waals surface area contributed by atoms with Gasteiger partial charge in [0.1, 0.15) is 0 Å². The van der Waals surface area contributed by atoms with E-state index in [4.69, 9.17) is 10.8 Å². The van der Waals surface area contributed by atoms with Crippen molar-refractivity contribution in [1.29, 1.82) is 0 Å². The number of aliphatic carboxylic acids is 1. The van der Waals surface area contributed by atoms with Gasteiger partial charge in [0, 0.05) is 0 Å². The van der Waals surface area contributed by atoms with Crippen LogP contribution in [0.15, 0.2) is 0 Å². The van der Waals surface area contributed by atoms with Crippen molar-refractivity contribution < 1.29 is 9.90 Å². The molecule has 0 aliphatic rings. The summed E-state index contributed by atoms with van der Waals surface area (Å²) in [4.78, 5) is 10.1. The van der Waals surface area contributed by atoms with Crippen molar-refractivity contribution >= 4 is 36.9 Å². The van der Waals surface area contributed by atoms with Crippen molar-refractivity contribution in [2.75, 3.05) is 0 Å². The maximum atomic E-state index is 10.1. The van der Waals surface area contributed by atoms with Gasteiger partial charge in [-0.05, 0) is 0 Å². The third kappa shape index (κ3) is 4.94. The third-order valence-electron chi connectivity index (χ3n) is 0.698. The SMILES string of the molecule is N[C@@H](C[Se]C[Se])C(=O)O. The van der Waals surface area contributed by atoms with Crippen molar-refractivity contribution in [2.24, 2.45) is 5.73 Å². The normalized spacial score (nSPS) is 13.1. The molecule has 0 aromatic carbocycles. The first-order chi connectivity index (χ1) is 4.18. The summed E-state index contributed by atoms with van der Waals surface area (Å²) in [6.45, 7) is 0. The predicted molar refractivity (Wildman–Crippen MR) is 36.7 cm³/mol. The number of hydrogen-bond acceptors (Lipinski definition) is 2. The number of carboxylic acids is 1. The molecule has 0 amide bonds. The molecule has 1 atom stereocenters. The van der Waals surface area contributed by atoms with Gasteiger partial charge >= 0.3 is 68.2 Å². The van der Waals surface area contributed by atoms with Crippen LogP contribution >= 0.6 is 0 Å². The molecule has 0 aromatic rings. The molecule has 0 bridgehead atoms. The van der Waals surface area contributed by atoms with Gasteiger partial charge in [0.2, 0.25) is 0 Å². The number of hydrogen-bond donors (Lipinski definition) is 2. The summed E-state index contributed by atoms with van der Waals surface area (Å²) in [7, 11) is 0. The van der Waals surface area contributed by atoms with Gasteiger partial charge in [-0.25, -0.2) is 0 Å². The Morgan fingerprint density at radius 3 is 2.78 bits per heavy atom. The Balaban J connectivity index is 3.27. The molecule has 9 heavy (non-hydrogen) atoms. The van der Waals surface area contributed by atoms with Crippen LogP contribution in [0, 0.1) is 0 Å². The maximum absolute atomic E-state index is 10.1. The Morgan fingerprint density at radius 2 is 2.44 bits per heavy atom. The van der Waals surface area contributed by atoms with Crippen LogP contribution in [0.5, 0.6) is 0 Å². The van der Waals surface area contributed by atoms with E-state index < -0.39 is 12.0 Å². The fourth-order valence-corrected chi connectivity index (χ4v) is 2.33. The number of rotatable bonds is 4. The van der Waals surface area contributed by atoms with E-state index in [1.165, 1.54) is 0 Å². The quantitative estimate of drug-likeness (QED) is 0.641. The first-order valence-electron chi connectivity index (χ1n) is 2.32. The van der Waals surface area contributed by atoms with Crippen molar-refractivity contribution in [2.45, 2.75) is 15.6 Å². The summed E-state index contributed by atoms with van der Waals surface area (Å²) in [6.07, 6.45) is 0. The second-order valence-corrected chi connectivity index (χ2v) is 6.05. The van der Waals surface area contributed by atoms with Crippen LogP contribution in [0.1, 0.15) is 0 Å². The molecule has 0 saturated carbocycles. The molecule has 0 rings (SSSR count). The summed E-state index contributed by atoms with van der Waals surface area (Å²) in [5.74, 6) is -0.898. The van der Waals surface area contributed by atoms with E-state index in [2.05, 4.69) is 16.0 Å². The number of carboxylic acid groups (broad SMARTS) is 1. The molecule has 1 radical (unpaired) electrons. The van der Waals surface area contributed by atoms with Gasteiger partial charge in [0.25, 0.3) is 0 Å². The summed E-state index contributed by atoms with van der Waals surface area (Å²) in [6, 6.07) is -0.654. The molecule has 0 unspecified atom stereocenters. The van der Waals surface area contributed by atoms with Gasteiger partial charge in [-0.3, -0.25) is 0 Å². The second-order valence-electron chi connectivity index (χ2n) is 1.43. The number of carbonyl (C=O) groups is 1. The van der Waals surface area contributed by atoms with Crippen LogP contribution in [0.25, 0.3) is 0 Å². The average molecular weight is 260 g/mol. The van der Waals surface area contributed by atoms with Crippen LogP contribution < -0.4 is 5.73 Å². The summed E-state index contributed by atoms with van der Waals surface area (Å²) in [5.41, 5.74) is 5.20. The molecular weight excluding hydrogens is 252 g/mol. The molecule has 0 spiro atoms. The van der Waals surface area contributed by atoms with Crippen molar-refractivity contribution in [1.82, 2.24) is 0 Å². The molecule has 0 aliphatic carbocycles. The van der Waals surface area contributed by atoms with E-state index in [1.54, 1.807) is 0 Å². The van der Waals surface area contributed by atoms with E-state index in [1.807, 2.05) is 0 Å². The van der Waals surface area contributed by atoms with Gasteiger partial charge in [-0.1, -0.05) is 0 Å². The van der Waals surface area contributed by atoms with Crippen molar-refractivity contribution in [3.8, 4) is 0 Å². The molecule has 0 aromatic heterocycles. The molecule has 53 valence electrons. The third-order valence-corrected chi connectivity index (χ3v) is 4.11. The fourth-order valence-electron chi connectivity index (χ4n) is 0.246. The number of nitrogens with two attached hydrogens (primary N) is 1. The molecular formula is C4H8NO2Se2. The van der Waals surface area contributed by atoms with Crippen molar-refractivity contribution in [3.05, 3.63) is 0 Å². The predicted octanol–water partition coefficient (Wildman–Crippen LogP) is -0.935. The van der Waals surface area contributed by atoms with Gasteiger partial charge in [0.15, 0.2) is 0 Å². The zero-order chi connectivity index (χ0) is 7.28. The summed E-state index contributed by atoms with van der Waals surface area (Å²) in [5, 5.41) is 8.90. The minimum atomic E-state index is -0.898. The minimum absolute atomic E-state index is 0.359. The van der Waals surface area contributed by atoms with Crippen LogP contribution in [-0.2, 0) is 4.79 Å². The van der Waals surface area contributed by atoms with Crippen LogP contribution in [0.2, 0.25) is 9.54 Å². The molecule has 0 fully saturated rings. The molecule has 0 aliphatic heterocycles. The van der Waals surface area contributed by atoms with Gasteiger partial charge in [0.05, 0.1) is 0 Å². The standard InChI is InChI=1S/C4H8NO2Se2/c5-3(4(6)7)1-9-2-8/h3H,1-2,5H2,(H,6,7)/t3-/m0/s1. The zero-order valence-electron chi connectivity index (χ0n) is 4.74.